The summed E-state index contributed by atoms with van der Waals surface area (Å²) in [5.74, 6) is 1.69. The maximum atomic E-state index is 12.9. The third-order valence-corrected chi connectivity index (χ3v) is 6.12. The highest BCUT2D eigenvalue weighted by Gasteiger charge is 2.41. The fourth-order valence-corrected chi connectivity index (χ4v) is 4.84. The van der Waals surface area contributed by atoms with E-state index < -0.39 is 5.54 Å². The van der Waals surface area contributed by atoms with E-state index in [0.717, 1.165) is 42.5 Å². The van der Waals surface area contributed by atoms with Crippen LogP contribution < -0.4 is 10.6 Å². The molecule has 1 saturated carbocycles. The second kappa shape index (κ2) is 6.86. The summed E-state index contributed by atoms with van der Waals surface area (Å²) in [6.45, 7) is 8.37. The summed E-state index contributed by atoms with van der Waals surface area (Å²) in [6.07, 6.45) is 2.03. The van der Waals surface area contributed by atoms with E-state index in [1.807, 2.05) is 11.7 Å². The van der Waals surface area contributed by atoms with E-state index >= 15 is 0 Å². The lowest BCUT2D eigenvalue weighted by Crippen LogP contribution is -2.44. The molecular formula is C20H29ClN4O. The van der Waals surface area contributed by atoms with Crippen molar-refractivity contribution < 1.29 is 4.79 Å². The predicted octanol–water partition coefficient (Wildman–Crippen LogP) is 2.90. The van der Waals surface area contributed by atoms with Gasteiger partial charge in [0.1, 0.15) is 0 Å². The van der Waals surface area contributed by atoms with Crippen molar-refractivity contribution in [2.45, 2.75) is 39.2 Å². The first kappa shape index (κ1) is 19.2. The smallest absolute Gasteiger partial charge is 0.223 e. The second-order valence-electron chi connectivity index (χ2n) is 8.40. The van der Waals surface area contributed by atoms with Gasteiger partial charge < -0.3 is 10.6 Å². The number of nitrogens with zero attached hydrogens (tertiary/aromatic N) is 2. The van der Waals surface area contributed by atoms with Gasteiger partial charge >= 0.3 is 0 Å². The van der Waals surface area contributed by atoms with Gasteiger partial charge in [-0.3, -0.25) is 9.48 Å². The van der Waals surface area contributed by atoms with Gasteiger partial charge in [0.25, 0.3) is 0 Å². The standard InChI is InChI=1S/C20H28N4O.ClH/c1-12-6-5-7-16-17(12)24(4)23-18(16)20(2,3)22-19(25)13-8-14-10-21-11-15(14)9-13;/h5-7,13-15,21H,8-11H2,1-4H3,(H,22,25);1H. The van der Waals surface area contributed by atoms with Gasteiger partial charge in [-0.2, -0.15) is 5.10 Å². The zero-order valence-corrected chi connectivity index (χ0v) is 16.8. The zero-order chi connectivity index (χ0) is 17.8. The third-order valence-electron chi connectivity index (χ3n) is 6.12. The average molecular weight is 377 g/mol. The van der Waals surface area contributed by atoms with Gasteiger partial charge in [0.15, 0.2) is 0 Å². The molecule has 2 N–H and O–H groups in total. The van der Waals surface area contributed by atoms with Crippen molar-refractivity contribution in [2.75, 3.05) is 13.1 Å². The first-order valence-electron chi connectivity index (χ1n) is 9.32. The maximum Gasteiger partial charge on any atom is 0.223 e. The minimum Gasteiger partial charge on any atom is -0.345 e. The van der Waals surface area contributed by atoms with Gasteiger partial charge in [0.2, 0.25) is 5.91 Å². The number of halogens is 1. The number of rotatable bonds is 3. The van der Waals surface area contributed by atoms with Crippen LogP contribution in [0, 0.1) is 24.7 Å². The quantitative estimate of drug-likeness (QED) is 0.865. The summed E-state index contributed by atoms with van der Waals surface area (Å²) in [6, 6.07) is 6.26. The molecule has 2 aliphatic rings. The minimum atomic E-state index is -0.486. The van der Waals surface area contributed by atoms with Crippen LogP contribution in [-0.4, -0.2) is 28.8 Å². The topological polar surface area (TPSA) is 59.0 Å². The van der Waals surface area contributed by atoms with Crippen LogP contribution in [0.5, 0.6) is 0 Å². The van der Waals surface area contributed by atoms with Crippen LogP contribution in [0.1, 0.15) is 37.9 Å². The summed E-state index contributed by atoms with van der Waals surface area (Å²) in [4.78, 5) is 12.9. The molecule has 4 rings (SSSR count). The summed E-state index contributed by atoms with van der Waals surface area (Å²) < 4.78 is 1.93. The van der Waals surface area contributed by atoms with E-state index in [4.69, 9.17) is 5.10 Å². The van der Waals surface area contributed by atoms with E-state index in [1.165, 1.54) is 5.56 Å². The first-order valence-corrected chi connectivity index (χ1v) is 9.32. The molecule has 1 saturated heterocycles. The van der Waals surface area contributed by atoms with Crippen molar-refractivity contribution >= 4 is 29.2 Å². The molecule has 2 atom stereocenters. The molecule has 2 fully saturated rings. The fourth-order valence-electron chi connectivity index (χ4n) is 4.84. The van der Waals surface area contributed by atoms with Crippen molar-refractivity contribution in [3.05, 3.63) is 29.5 Å². The summed E-state index contributed by atoms with van der Waals surface area (Å²) in [7, 11) is 1.97. The molecule has 0 radical (unpaired) electrons. The summed E-state index contributed by atoms with van der Waals surface area (Å²) in [5, 5.41) is 12.6. The van der Waals surface area contributed by atoms with Crippen molar-refractivity contribution in [3.8, 4) is 0 Å². The minimum absolute atomic E-state index is 0. The SMILES string of the molecule is Cc1cccc2c(C(C)(C)NC(=O)C3CC4CNCC4C3)nn(C)c12.Cl. The Hall–Kier alpha value is -1.59. The van der Waals surface area contributed by atoms with Crippen LogP contribution in [0.3, 0.4) is 0 Å². The molecular weight excluding hydrogens is 348 g/mol. The molecule has 5 nitrogen and oxygen atoms in total. The van der Waals surface area contributed by atoms with Crippen LogP contribution in [0.2, 0.25) is 0 Å². The Balaban J connectivity index is 0.00000196. The molecule has 1 aliphatic carbocycles. The van der Waals surface area contributed by atoms with Crippen molar-refractivity contribution in [2.24, 2.45) is 24.8 Å². The molecule has 0 bridgehead atoms. The molecule has 2 unspecified atom stereocenters. The Labute approximate surface area is 161 Å². The predicted molar refractivity (Wildman–Crippen MR) is 106 cm³/mol. The Morgan fingerprint density at radius 2 is 1.92 bits per heavy atom. The van der Waals surface area contributed by atoms with Gasteiger partial charge in [0.05, 0.1) is 16.7 Å². The number of fused-ring (bicyclic) bond motifs is 2. The number of amides is 1. The largest absolute Gasteiger partial charge is 0.345 e. The summed E-state index contributed by atoms with van der Waals surface area (Å²) >= 11 is 0. The number of benzene rings is 1. The Kier molecular flexibility index (Phi) is 5.06. The Morgan fingerprint density at radius 1 is 1.27 bits per heavy atom. The molecule has 0 spiro atoms. The number of hydrogen-bond donors (Lipinski definition) is 2. The molecule has 26 heavy (non-hydrogen) atoms. The third kappa shape index (κ3) is 3.12. The van der Waals surface area contributed by atoms with Crippen LogP contribution >= 0.6 is 12.4 Å². The number of nitrogens with one attached hydrogen (secondary N) is 2. The van der Waals surface area contributed by atoms with Crippen LogP contribution in [0.25, 0.3) is 10.9 Å². The van der Waals surface area contributed by atoms with E-state index in [9.17, 15) is 4.79 Å². The lowest BCUT2D eigenvalue weighted by Gasteiger charge is -2.27. The van der Waals surface area contributed by atoms with Gasteiger partial charge in [-0.15, -0.1) is 12.4 Å². The van der Waals surface area contributed by atoms with E-state index in [0.29, 0.717) is 11.8 Å². The first-order chi connectivity index (χ1) is 11.9. The molecule has 6 heteroatoms. The average Bonchev–Trinajstić information content (AvgIpc) is 3.20. The molecule has 2 aromatic rings. The van der Waals surface area contributed by atoms with Gasteiger partial charge in [-0.1, -0.05) is 18.2 Å². The van der Waals surface area contributed by atoms with Crippen molar-refractivity contribution in [3.63, 3.8) is 0 Å². The number of carbonyl (C=O) groups excluding carboxylic acids is 1. The number of aryl methyl sites for hydroxylation is 2. The van der Waals surface area contributed by atoms with Gasteiger partial charge in [-0.05, 0) is 64.1 Å². The summed E-state index contributed by atoms with van der Waals surface area (Å²) in [5.41, 5.74) is 2.81. The van der Waals surface area contributed by atoms with Crippen molar-refractivity contribution in [1.29, 1.82) is 0 Å². The zero-order valence-electron chi connectivity index (χ0n) is 16.0. The number of hydrogen-bond acceptors (Lipinski definition) is 3. The van der Waals surface area contributed by atoms with Crippen molar-refractivity contribution in [1.82, 2.24) is 20.4 Å². The molecule has 2 heterocycles. The maximum absolute atomic E-state index is 12.9. The number of carbonyl (C=O) groups is 1. The fraction of sp³-hybridized carbons (Fsp3) is 0.600. The lowest BCUT2D eigenvalue weighted by molar-refractivity contribution is -0.126. The number of para-hydroxylation sites is 1. The van der Waals surface area contributed by atoms with Crippen LogP contribution in [0.4, 0.5) is 0 Å². The highest BCUT2D eigenvalue weighted by Crippen LogP contribution is 2.39. The van der Waals surface area contributed by atoms with E-state index in [1.54, 1.807) is 0 Å². The van der Waals surface area contributed by atoms with E-state index in [2.05, 4.69) is 49.6 Å². The molecule has 1 aromatic carbocycles. The van der Waals surface area contributed by atoms with Gasteiger partial charge in [0, 0.05) is 18.4 Å². The molecule has 142 valence electrons. The lowest BCUT2D eigenvalue weighted by atomic mass is 9.94. The van der Waals surface area contributed by atoms with Crippen LogP contribution in [0.15, 0.2) is 18.2 Å². The molecule has 1 aliphatic heterocycles. The van der Waals surface area contributed by atoms with Gasteiger partial charge in [-0.25, -0.2) is 0 Å². The Morgan fingerprint density at radius 3 is 2.58 bits per heavy atom. The Bertz CT molecular complexity index is 817. The second-order valence-corrected chi connectivity index (χ2v) is 8.40. The highest BCUT2D eigenvalue weighted by molar-refractivity contribution is 5.87. The van der Waals surface area contributed by atoms with Crippen LogP contribution in [-0.2, 0) is 17.4 Å². The highest BCUT2D eigenvalue weighted by atomic mass is 35.5. The normalized spacial score (nSPS) is 25.2. The van der Waals surface area contributed by atoms with E-state index in [-0.39, 0.29) is 24.2 Å². The molecule has 1 amide bonds. The number of aromatic nitrogens is 2. The molecule has 1 aromatic heterocycles. The monoisotopic (exact) mass is 376 g/mol.